The van der Waals surface area contributed by atoms with E-state index in [1.807, 2.05) is 0 Å². The van der Waals surface area contributed by atoms with E-state index in [1.54, 1.807) is 18.2 Å². The molecule has 1 aromatic heterocycles. The molecular weight excluding hydrogens is 293 g/mol. The number of halogens is 2. The molecule has 110 valence electrons. The van der Waals surface area contributed by atoms with Crippen molar-refractivity contribution in [3.8, 4) is 0 Å². The third kappa shape index (κ3) is 2.36. The summed E-state index contributed by atoms with van der Waals surface area (Å²) >= 11 is 6.47. The summed E-state index contributed by atoms with van der Waals surface area (Å²) in [4.78, 5) is 3.02. The third-order valence-corrected chi connectivity index (χ3v) is 4.68. The fourth-order valence-corrected chi connectivity index (χ4v) is 2.78. The minimum Gasteiger partial charge on any atom is -0.381 e. The number of hydrogen-bond acceptors (Lipinski definition) is 3. The number of benzene rings is 1. The second-order valence-corrected chi connectivity index (χ2v) is 6.10. The Hall–Kier alpha value is -1.72. The first-order chi connectivity index (χ1) is 9.96. The summed E-state index contributed by atoms with van der Waals surface area (Å²) in [6, 6.07) is 6.22. The van der Waals surface area contributed by atoms with Gasteiger partial charge in [0.15, 0.2) is 0 Å². The molecule has 3 rings (SSSR count). The van der Waals surface area contributed by atoms with Crippen molar-refractivity contribution in [2.75, 3.05) is 0 Å². The predicted octanol–water partition coefficient (Wildman–Crippen LogP) is 2.63. The van der Waals surface area contributed by atoms with Crippen LogP contribution in [0.3, 0.4) is 0 Å². The number of nitrogens with zero attached hydrogens (tertiary/aromatic N) is 3. The van der Waals surface area contributed by atoms with Crippen LogP contribution in [0.1, 0.15) is 18.4 Å². The maximum absolute atomic E-state index is 14.0. The summed E-state index contributed by atoms with van der Waals surface area (Å²) in [7, 11) is 0. The van der Waals surface area contributed by atoms with Gasteiger partial charge >= 0.3 is 0 Å². The SMILES string of the molecule is C=C(c1ccccc1F)C(O)(Cn1cncn1)C1(Cl)CC1. The maximum atomic E-state index is 14.0. The molecule has 0 aliphatic heterocycles. The normalized spacial score (nSPS) is 19.0. The first kappa shape index (κ1) is 14.2. The molecule has 1 aromatic carbocycles. The number of rotatable bonds is 5. The van der Waals surface area contributed by atoms with Gasteiger partial charge in [0, 0.05) is 5.56 Å². The molecule has 0 amide bonds. The van der Waals surface area contributed by atoms with Crippen molar-refractivity contribution in [1.82, 2.24) is 14.8 Å². The highest BCUT2D eigenvalue weighted by Gasteiger charge is 2.59. The highest BCUT2D eigenvalue weighted by atomic mass is 35.5. The van der Waals surface area contributed by atoms with Crippen LogP contribution in [0.4, 0.5) is 4.39 Å². The molecular formula is C15H15ClFN3O. The number of alkyl halides is 1. The van der Waals surface area contributed by atoms with E-state index in [2.05, 4.69) is 16.7 Å². The van der Waals surface area contributed by atoms with Crippen molar-refractivity contribution in [3.05, 3.63) is 54.9 Å². The van der Waals surface area contributed by atoms with Crippen LogP contribution in [0.25, 0.3) is 5.57 Å². The second-order valence-electron chi connectivity index (χ2n) is 5.38. The molecule has 1 heterocycles. The molecule has 0 radical (unpaired) electrons. The average molecular weight is 308 g/mol. The molecule has 1 N–H and O–H groups in total. The second kappa shape index (κ2) is 4.93. The largest absolute Gasteiger partial charge is 0.381 e. The Balaban J connectivity index is 2.00. The van der Waals surface area contributed by atoms with Gasteiger partial charge in [-0.05, 0) is 24.5 Å². The zero-order valence-corrected chi connectivity index (χ0v) is 12.1. The summed E-state index contributed by atoms with van der Waals surface area (Å²) in [5.41, 5.74) is -0.944. The first-order valence-electron chi connectivity index (χ1n) is 6.64. The third-order valence-electron chi connectivity index (χ3n) is 3.99. The van der Waals surface area contributed by atoms with Gasteiger partial charge in [-0.25, -0.2) is 14.1 Å². The molecule has 6 heteroatoms. The number of hydrogen-bond donors (Lipinski definition) is 1. The Kier molecular flexibility index (Phi) is 3.34. The standard InChI is InChI=1S/C15H15ClFN3O/c1-11(12-4-2-3-5-13(12)17)15(21,14(16)6-7-14)8-20-10-18-9-19-20/h2-5,9-10,21H,1,6-8H2. The molecule has 2 aromatic rings. The highest BCUT2D eigenvalue weighted by Crippen LogP contribution is 2.56. The maximum Gasteiger partial charge on any atom is 0.137 e. The molecule has 0 bridgehead atoms. The number of aliphatic hydroxyl groups is 1. The van der Waals surface area contributed by atoms with Crippen LogP contribution in [0.15, 0.2) is 43.5 Å². The van der Waals surface area contributed by atoms with Gasteiger partial charge in [-0.3, -0.25) is 0 Å². The zero-order chi connectivity index (χ0) is 15.1. The Labute approximate surface area is 126 Å². The van der Waals surface area contributed by atoms with Gasteiger partial charge < -0.3 is 5.11 Å². The molecule has 4 nitrogen and oxygen atoms in total. The van der Waals surface area contributed by atoms with E-state index in [9.17, 15) is 9.50 Å². The fourth-order valence-electron chi connectivity index (χ4n) is 2.51. The van der Waals surface area contributed by atoms with Crippen LogP contribution < -0.4 is 0 Å². The van der Waals surface area contributed by atoms with Crippen LogP contribution in [0.5, 0.6) is 0 Å². The summed E-state index contributed by atoms with van der Waals surface area (Å²) in [5, 5.41) is 15.1. The Bertz CT molecular complexity index is 669. The lowest BCUT2D eigenvalue weighted by molar-refractivity contribution is 0.0660. The average Bonchev–Trinajstić information content (AvgIpc) is 3.02. The van der Waals surface area contributed by atoms with Gasteiger partial charge in [-0.1, -0.05) is 24.8 Å². The lowest BCUT2D eigenvalue weighted by Gasteiger charge is -2.35. The highest BCUT2D eigenvalue weighted by molar-refractivity contribution is 6.27. The molecule has 0 spiro atoms. The van der Waals surface area contributed by atoms with E-state index in [1.165, 1.54) is 23.4 Å². The van der Waals surface area contributed by atoms with Crippen LogP contribution in [-0.2, 0) is 6.54 Å². The van der Waals surface area contributed by atoms with Crippen LogP contribution >= 0.6 is 11.6 Å². The summed E-state index contributed by atoms with van der Waals surface area (Å²) in [6.45, 7) is 4.00. The summed E-state index contributed by atoms with van der Waals surface area (Å²) in [6.07, 6.45) is 4.16. The zero-order valence-electron chi connectivity index (χ0n) is 11.3. The van der Waals surface area contributed by atoms with Gasteiger partial charge in [0.2, 0.25) is 0 Å². The minimum atomic E-state index is -1.48. The van der Waals surface area contributed by atoms with Crippen molar-refractivity contribution in [2.45, 2.75) is 29.9 Å². The Morgan fingerprint density at radius 1 is 1.48 bits per heavy atom. The van der Waals surface area contributed by atoms with Gasteiger partial charge in [0.1, 0.15) is 24.1 Å². The molecule has 1 aliphatic rings. The quantitative estimate of drug-likeness (QED) is 0.864. The van der Waals surface area contributed by atoms with Gasteiger partial charge in [-0.15, -0.1) is 11.6 Å². The van der Waals surface area contributed by atoms with E-state index in [-0.39, 0.29) is 17.7 Å². The minimum absolute atomic E-state index is 0.0870. The van der Waals surface area contributed by atoms with Crippen LogP contribution in [-0.4, -0.2) is 30.3 Å². The monoisotopic (exact) mass is 307 g/mol. The molecule has 1 atom stereocenters. The van der Waals surface area contributed by atoms with E-state index >= 15 is 0 Å². The van der Waals surface area contributed by atoms with Crippen molar-refractivity contribution < 1.29 is 9.50 Å². The van der Waals surface area contributed by atoms with Gasteiger partial charge in [-0.2, -0.15) is 5.10 Å². The molecule has 1 fully saturated rings. The molecule has 1 saturated carbocycles. The summed E-state index contributed by atoms with van der Waals surface area (Å²) < 4.78 is 15.5. The Morgan fingerprint density at radius 2 is 2.19 bits per heavy atom. The molecule has 0 saturated heterocycles. The van der Waals surface area contributed by atoms with Crippen molar-refractivity contribution in [3.63, 3.8) is 0 Å². The van der Waals surface area contributed by atoms with Crippen molar-refractivity contribution in [1.29, 1.82) is 0 Å². The Morgan fingerprint density at radius 3 is 2.76 bits per heavy atom. The van der Waals surface area contributed by atoms with E-state index in [4.69, 9.17) is 11.6 Å². The van der Waals surface area contributed by atoms with Gasteiger partial charge in [0.05, 0.1) is 11.4 Å². The molecule has 1 aliphatic carbocycles. The lowest BCUT2D eigenvalue weighted by atomic mass is 9.84. The van der Waals surface area contributed by atoms with E-state index in [0.29, 0.717) is 12.8 Å². The molecule has 21 heavy (non-hydrogen) atoms. The van der Waals surface area contributed by atoms with Gasteiger partial charge in [0.25, 0.3) is 0 Å². The summed E-state index contributed by atoms with van der Waals surface area (Å²) in [5.74, 6) is -0.430. The van der Waals surface area contributed by atoms with Crippen molar-refractivity contribution >= 4 is 17.2 Å². The van der Waals surface area contributed by atoms with Crippen LogP contribution in [0, 0.1) is 5.82 Å². The first-order valence-corrected chi connectivity index (χ1v) is 7.02. The lowest BCUT2D eigenvalue weighted by Crippen LogP contribution is -2.46. The number of aromatic nitrogens is 3. The van der Waals surface area contributed by atoms with E-state index in [0.717, 1.165) is 0 Å². The fraction of sp³-hybridized carbons (Fsp3) is 0.333. The molecule has 1 unspecified atom stereocenters. The van der Waals surface area contributed by atoms with Crippen LogP contribution in [0.2, 0.25) is 0 Å². The predicted molar refractivity (Wildman–Crippen MR) is 78.2 cm³/mol. The topological polar surface area (TPSA) is 50.9 Å². The van der Waals surface area contributed by atoms with E-state index < -0.39 is 16.3 Å². The van der Waals surface area contributed by atoms with Crippen molar-refractivity contribution in [2.24, 2.45) is 0 Å². The smallest absolute Gasteiger partial charge is 0.137 e.